The van der Waals surface area contributed by atoms with Crippen LogP contribution in [-0.2, 0) is 0 Å². The van der Waals surface area contributed by atoms with E-state index in [1.54, 1.807) is 23.3 Å². The summed E-state index contributed by atoms with van der Waals surface area (Å²) in [4.78, 5) is 27.8. The summed E-state index contributed by atoms with van der Waals surface area (Å²) in [6.07, 6.45) is 10.8. The third kappa shape index (κ3) is 4.06. The molecule has 29 heavy (non-hydrogen) atoms. The summed E-state index contributed by atoms with van der Waals surface area (Å²) in [5.74, 6) is 1.89. The number of pyridine rings is 1. The van der Waals surface area contributed by atoms with Gasteiger partial charge < -0.3 is 9.42 Å². The third-order valence-corrected chi connectivity index (χ3v) is 5.46. The summed E-state index contributed by atoms with van der Waals surface area (Å²) in [6, 6.07) is 3.97. The highest BCUT2D eigenvalue weighted by Crippen LogP contribution is 2.24. The molecule has 1 saturated carbocycles. The van der Waals surface area contributed by atoms with E-state index in [1.165, 1.54) is 19.3 Å². The van der Waals surface area contributed by atoms with Crippen molar-refractivity contribution in [3.63, 3.8) is 0 Å². The minimum atomic E-state index is -0.0507. The Labute approximate surface area is 170 Å². The molecule has 8 heteroatoms. The summed E-state index contributed by atoms with van der Waals surface area (Å²) >= 11 is 0. The first-order chi connectivity index (χ1) is 14.0. The Balaban J connectivity index is 1.54. The van der Waals surface area contributed by atoms with Gasteiger partial charge in [-0.1, -0.05) is 38.3 Å². The van der Waals surface area contributed by atoms with Crippen molar-refractivity contribution in [1.29, 1.82) is 0 Å². The van der Waals surface area contributed by atoms with Crippen molar-refractivity contribution in [1.82, 2.24) is 29.6 Å². The minimum Gasteiger partial charge on any atom is -0.337 e. The quantitative estimate of drug-likeness (QED) is 0.653. The monoisotopic (exact) mass is 394 g/mol. The molecule has 0 saturated heterocycles. The van der Waals surface area contributed by atoms with Gasteiger partial charge in [-0.15, -0.1) is 0 Å². The topological polar surface area (TPSA) is 89.9 Å². The summed E-state index contributed by atoms with van der Waals surface area (Å²) in [5, 5.41) is 4.01. The van der Waals surface area contributed by atoms with Crippen LogP contribution in [0.2, 0.25) is 0 Å². The summed E-state index contributed by atoms with van der Waals surface area (Å²) in [7, 11) is 1.87. The fourth-order valence-corrected chi connectivity index (χ4v) is 3.65. The number of amides is 1. The number of aromatic nitrogens is 5. The predicted molar refractivity (Wildman–Crippen MR) is 108 cm³/mol. The zero-order valence-corrected chi connectivity index (χ0v) is 17.1. The Morgan fingerprint density at radius 3 is 2.76 bits per heavy atom. The van der Waals surface area contributed by atoms with Crippen LogP contribution in [0.5, 0.6) is 0 Å². The first-order valence-corrected chi connectivity index (χ1v) is 10.1. The predicted octanol–water partition coefficient (Wildman–Crippen LogP) is 3.85. The second kappa shape index (κ2) is 8.14. The Morgan fingerprint density at radius 2 is 2.03 bits per heavy atom. The number of hydrogen-bond donors (Lipinski definition) is 0. The van der Waals surface area contributed by atoms with Crippen molar-refractivity contribution in [2.75, 3.05) is 7.05 Å². The molecule has 0 aliphatic heterocycles. The molecule has 4 rings (SSSR count). The van der Waals surface area contributed by atoms with Crippen LogP contribution in [0.4, 0.5) is 0 Å². The Hall–Kier alpha value is -3.03. The first kappa shape index (κ1) is 19.3. The number of hydrogen-bond acceptors (Lipinski definition) is 6. The van der Waals surface area contributed by atoms with Crippen molar-refractivity contribution in [2.45, 2.75) is 57.9 Å². The van der Waals surface area contributed by atoms with Crippen molar-refractivity contribution in [2.24, 2.45) is 0 Å². The van der Waals surface area contributed by atoms with Gasteiger partial charge in [-0.05, 0) is 25.0 Å². The fourth-order valence-electron chi connectivity index (χ4n) is 3.65. The van der Waals surface area contributed by atoms with E-state index in [4.69, 9.17) is 4.52 Å². The van der Waals surface area contributed by atoms with Crippen LogP contribution in [0.15, 0.2) is 35.4 Å². The Kier molecular flexibility index (Phi) is 5.42. The first-order valence-electron chi connectivity index (χ1n) is 10.1. The smallest absolute Gasteiger partial charge is 0.274 e. The van der Waals surface area contributed by atoms with Gasteiger partial charge in [-0.25, -0.2) is 9.97 Å². The van der Waals surface area contributed by atoms with E-state index >= 15 is 0 Å². The maximum atomic E-state index is 12.8. The minimum absolute atomic E-state index is 0.0507. The molecule has 0 atom stereocenters. The molecule has 3 aromatic heterocycles. The molecule has 1 aliphatic rings. The number of carbonyl (C=O) groups excluding carboxylic acids is 1. The van der Waals surface area contributed by atoms with E-state index in [2.05, 4.69) is 20.1 Å². The van der Waals surface area contributed by atoms with E-state index in [9.17, 15) is 4.79 Å². The van der Waals surface area contributed by atoms with Crippen LogP contribution < -0.4 is 0 Å². The second-order valence-electron chi connectivity index (χ2n) is 7.89. The van der Waals surface area contributed by atoms with Crippen LogP contribution in [-0.4, -0.2) is 48.6 Å². The molecule has 8 nitrogen and oxygen atoms in total. The van der Waals surface area contributed by atoms with Gasteiger partial charge in [-0.3, -0.25) is 9.36 Å². The molecule has 1 aliphatic carbocycles. The second-order valence-corrected chi connectivity index (χ2v) is 7.89. The van der Waals surface area contributed by atoms with Gasteiger partial charge in [0, 0.05) is 37.0 Å². The summed E-state index contributed by atoms with van der Waals surface area (Å²) < 4.78 is 7.11. The molecule has 0 unspecified atom stereocenters. The third-order valence-electron chi connectivity index (χ3n) is 5.46. The highest BCUT2D eigenvalue weighted by molar-refractivity contribution is 5.92. The molecule has 0 N–H and O–H groups in total. The summed E-state index contributed by atoms with van der Waals surface area (Å²) in [5.41, 5.74) is 1.19. The molecule has 0 spiro atoms. The highest BCUT2D eigenvalue weighted by Gasteiger charge is 2.24. The number of carbonyl (C=O) groups is 1. The van der Waals surface area contributed by atoms with Crippen molar-refractivity contribution >= 4 is 5.91 Å². The lowest BCUT2D eigenvalue weighted by Gasteiger charge is -2.30. The van der Waals surface area contributed by atoms with Crippen LogP contribution >= 0.6 is 0 Å². The number of rotatable bonds is 5. The molecule has 3 heterocycles. The van der Waals surface area contributed by atoms with Gasteiger partial charge in [0.2, 0.25) is 0 Å². The Morgan fingerprint density at radius 1 is 1.24 bits per heavy atom. The SMILES string of the molecule is CC(C)c1noc(-c2ccnc(-n3cnc(C(=O)N(C)C4CCCCC4)c3)c2)n1. The molecule has 1 fully saturated rings. The number of imidazole rings is 1. The molecule has 3 aromatic rings. The molecule has 0 aromatic carbocycles. The summed E-state index contributed by atoms with van der Waals surface area (Å²) in [6.45, 7) is 4.03. The molecule has 1 amide bonds. The lowest BCUT2D eigenvalue weighted by Crippen LogP contribution is -2.38. The highest BCUT2D eigenvalue weighted by atomic mass is 16.5. The number of nitrogens with zero attached hydrogens (tertiary/aromatic N) is 6. The van der Waals surface area contributed by atoms with E-state index in [-0.39, 0.29) is 11.8 Å². The molecule has 152 valence electrons. The van der Waals surface area contributed by atoms with Crippen LogP contribution in [0, 0.1) is 0 Å². The van der Waals surface area contributed by atoms with Crippen LogP contribution in [0.25, 0.3) is 17.3 Å². The normalized spacial score (nSPS) is 15.0. The fraction of sp³-hybridized carbons (Fsp3) is 0.476. The van der Waals surface area contributed by atoms with Gasteiger partial charge in [-0.2, -0.15) is 4.98 Å². The van der Waals surface area contributed by atoms with Gasteiger partial charge in [0.25, 0.3) is 11.8 Å². The van der Waals surface area contributed by atoms with Gasteiger partial charge in [0.15, 0.2) is 5.82 Å². The van der Waals surface area contributed by atoms with Crippen molar-refractivity contribution < 1.29 is 9.32 Å². The zero-order chi connectivity index (χ0) is 20.4. The average molecular weight is 394 g/mol. The molecule has 0 radical (unpaired) electrons. The maximum absolute atomic E-state index is 12.8. The van der Waals surface area contributed by atoms with Gasteiger partial charge in [0.05, 0.1) is 0 Å². The molecular weight excluding hydrogens is 368 g/mol. The molecule has 0 bridgehead atoms. The largest absolute Gasteiger partial charge is 0.337 e. The van der Waals surface area contributed by atoms with Crippen LogP contribution in [0.1, 0.15) is 68.2 Å². The molecular formula is C21H26N6O2. The lowest BCUT2D eigenvalue weighted by molar-refractivity contribution is 0.0691. The van der Waals surface area contributed by atoms with Crippen molar-refractivity contribution in [3.05, 3.63) is 42.4 Å². The van der Waals surface area contributed by atoms with Gasteiger partial charge >= 0.3 is 0 Å². The lowest BCUT2D eigenvalue weighted by atomic mass is 9.94. The van der Waals surface area contributed by atoms with Crippen LogP contribution in [0.3, 0.4) is 0 Å². The van der Waals surface area contributed by atoms with E-state index < -0.39 is 0 Å². The van der Waals surface area contributed by atoms with Gasteiger partial charge in [0.1, 0.15) is 17.8 Å². The van der Waals surface area contributed by atoms with E-state index in [0.717, 1.165) is 18.4 Å². The van der Waals surface area contributed by atoms with E-state index in [1.807, 2.05) is 37.9 Å². The average Bonchev–Trinajstić information content (AvgIpc) is 3.44. The Bertz CT molecular complexity index is 986. The van der Waals surface area contributed by atoms with Crippen molar-refractivity contribution in [3.8, 4) is 17.3 Å². The standard InChI is InChI=1S/C21H26N6O2/c1-14(2)19-24-20(29-25-19)15-9-10-22-18(11-15)27-12-17(23-13-27)21(28)26(3)16-7-5-4-6-8-16/h9-14,16H,4-8H2,1-3H3. The zero-order valence-electron chi connectivity index (χ0n) is 17.1. The maximum Gasteiger partial charge on any atom is 0.274 e. The van der Waals surface area contributed by atoms with E-state index in [0.29, 0.717) is 29.3 Å².